The van der Waals surface area contributed by atoms with Crippen molar-refractivity contribution in [2.45, 2.75) is 58.4 Å². The first kappa shape index (κ1) is 12.9. The average Bonchev–Trinajstić information content (AvgIpc) is 2.78. The molecule has 0 aliphatic heterocycles. The van der Waals surface area contributed by atoms with Crippen molar-refractivity contribution >= 4 is 0 Å². The molecule has 0 radical (unpaired) electrons. The van der Waals surface area contributed by atoms with Crippen LogP contribution in [-0.4, -0.2) is 9.97 Å². The average molecular weight is 273 g/mol. The fourth-order valence-corrected chi connectivity index (χ4v) is 5.76. The van der Waals surface area contributed by atoms with Crippen LogP contribution in [0.2, 0.25) is 0 Å². The molecule has 3 N–H and O–H groups in total. The number of aromatic amines is 1. The molecule has 4 aliphatic rings. The number of H-pyrrole nitrogens is 1. The number of hydrogen-bond donors (Lipinski definition) is 2. The Morgan fingerprint density at radius 1 is 1.15 bits per heavy atom. The molecule has 3 nitrogen and oxygen atoms in total. The highest BCUT2D eigenvalue weighted by Gasteiger charge is 2.50. The number of imidazole rings is 1. The summed E-state index contributed by atoms with van der Waals surface area (Å²) in [5, 5.41) is 0. The highest BCUT2D eigenvalue weighted by atomic mass is 15.0. The summed E-state index contributed by atoms with van der Waals surface area (Å²) in [6.07, 6.45) is 8.25. The maximum absolute atomic E-state index is 6.66. The zero-order valence-electron chi connectivity index (χ0n) is 12.7. The van der Waals surface area contributed by atoms with Crippen molar-refractivity contribution < 1.29 is 0 Å². The second kappa shape index (κ2) is 4.59. The van der Waals surface area contributed by atoms with Gasteiger partial charge in [0.15, 0.2) is 0 Å². The molecule has 4 fully saturated rings. The molecule has 3 heteroatoms. The number of aryl methyl sites for hydroxylation is 2. The van der Waals surface area contributed by atoms with Gasteiger partial charge in [0, 0.05) is 5.69 Å². The van der Waals surface area contributed by atoms with Crippen LogP contribution < -0.4 is 5.73 Å². The van der Waals surface area contributed by atoms with Gasteiger partial charge >= 0.3 is 0 Å². The maximum Gasteiger partial charge on any atom is 0.123 e. The minimum Gasteiger partial charge on any atom is -0.345 e. The number of rotatable bonds is 3. The summed E-state index contributed by atoms with van der Waals surface area (Å²) in [5.74, 6) is 5.51. The number of hydrogen-bond acceptors (Lipinski definition) is 2. The van der Waals surface area contributed by atoms with Gasteiger partial charge in [-0.3, -0.25) is 0 Å². The number of nitrogens with zero attached hydrogens (tertiary/aromatic N) is 1. The lowest BCUT2D eigenvalue weighted by Crippen LogP contribution is -2.48. The van der Waals surface area contributed by atoms with Gasteiger partial charge in [0.05, 0.1) is 11.7 Å². The van der Waals surface area contributed by atoms with Gasteiger partial charge in [0.1, 0.15) is 5.82 Å². The summed E-state index contributed by atoms with van der Waals surface area (Å²) in [7, 11) is 0. The Kier molecular flexibility index (Phi) is 2.95. The van der Waals surface area contributed by atoms with Crippen molar-refractivity contribution in [3.63, 3.8) is 0 Å². The monoisotopic (exact) mass is 273 g/mol. The topological polar surface area (TPSA) is 54.7 Å². The van der Waals surface area contributed by atoms with Gasteiger partial charge in [-0.05, 0) is 75.0 Å². The van der Waals surface area contributed by atoms with E-state index in [2.05, 4.69) is 18.8 Å². The molecule has 5 rings (SSSR count). The maximum atomic E-state index is 6.66. The minimum atomic E-state index is 0.129. The van der Waals surface area contributed by atoms with Gasteiger partial charge in [-0.15, -0.1) is 0 Å². The van der Waals surface area contributed by atoms with E-state index in [0.717, 1.165) is 35.9 Å². The van der Waals surface area contributed by atoms with Gasteiger partial charge in [-0.1, -0.05) is 6.92 Å². The quantitative estimate of drug-likeness (QED) is 0.887. The first-order valence-corrected chi connectivity index (χ1v) is 8.46. The fourth-order valence-electron chi connectivity index (χ4n) is 5.76. The Morgan fingerprint density at radius 2 is 1.75 bits per heavy atom. The van der Waals surface area contributed by atoms with Crippen LogP contribution in [0, 0.1) is 36.5 Å². The van der Waals surface area contributed by atoms with Crippen molar-refractivity contribution in [1.82, 2.24) is 9.97 Å². The third-order valence-electron chi connectivity index (χ3n) is 6.37. The van der Waals surface area contributed by atoms with E-state index >= 15 is 0 Å². The molecular formula is C17H27N3. The van der Waals surface area contributed by atoms with E-state index in [1.54, 1.807) is 0 Å². The second-order valence-electron chi connectivity index (χ2n) is 7.58. The van der Waals surface area contributed by atoms with Crippen LogP contribution in [0.5, 0.6) is 0 Å². The SMILES string of the molecule is CCc1nc(C(N)C2C3CC4CC(C3)CC2C4)[nH]c1C. The van der Waals surface area contributed by atoms with Crippen LogP contribution in [-0.2, 0) is 6.42 Å². The Morgan fingerprint density at radius 3 is 2.25 bits per heavy atom. The predicted molar refractivity (Wildman–Crippen MR) is 80.2 cm³/mol. The first-order chi connectivity index (χ1) is 9.65. The molecule has 110 valence electrons. The Hall–Kier alpha value is -0.830. The molecule has 1 aromatic rings. The molecule has 4 saturated carbocycles. The van der Waals surface area contributed by atoms with Gasteiger partial charge < -0.3 is 10.7 Å². The molecule has 0 spiro atoms. The molecular weight excluding hydrogens is 246 g/mol. The van der Waals surface area contributed by atoms with Crippen molar-refractivity contribution in [3.05, 3.63) is 17.2 Å². The van der Waals surface area contributed by atoms with E-state index in [4.69, 9.17) is 10.7 Å². The number of nitrogens with one attached hydrogen (secondary N) is 1. The fraction of sp³-hybridized carbons (Fsp3) is 0.824. The van der Waals surface area contributed by atoms with Gasteiger partial charge in [-0.2, -0.15) is 0 Å². The van der Waals surface area contributed by atoms with Crippen molar-refractivity contribution in [3.8, 4) is 0 Å². The molecule has 1 heterocycles. The summed E-state index contributed by atoms with van der Waals surface area (Å²) in [6.45, 7) is 4.29. The van der Waals surface area contributed by atoms with Gasteiger partial charge in [0.2, 0.25) is 0 Å². The predicted octanol–water partition coefficient (Wildman–Crippen LogP) is 3.35. The Labute approximate surface area is 121 Å². The lowest BCUT2D eigenvalue weighted by Gasteiger charge is -2.55. The van der Waals surface area contributed by atoms with Crippen LogP contribution >= 0.6 is 0 Å². The highest BCUT2D eigenvalue weighted by molar-refractivity contribution is 5.16. The molecule has 0 saturated heterocycles. The van der Waals surface area contributed by atoms with Crippen LogP contribution in [0.25, 0.3) is 0 Å². The van der Waals surface area contributed by atoms with Gasteiger partial charge in [0.25, 0.3) is 0 Å². The van der Waals surface area contributed by atoms with E-state index in [0.29, 0.717) is 5.92 Å². The summed E-state index contributed by atoms with van der Waals surface area (Å²) >= 11 is 0. The summed E-state index contributed by atoms with van der Waals surface area (Å²) in [4.78, 5) is 8.25. The Bertz CT molecular complexity index is 476. The summed E-state index contributed by atoms with van der Waals surface area (Å²) < 4.78 is 0. The molecule has 4 bridgehead atoms. The van der Waals surface area contributed by atoms with Crippen molar-refractivity contribution in [2.75, 3.05) is 0 Å². The van der Waals surface area contributed by atoms with E-state index in [1.807, 2.05) is 0 Å². The number of aromatic nitrogens is 2. The standard InChI is InChI=1S/C17H27N3/c1-3-14-9(2)19-17(20-14)16(18)15-12-5-10-4-11(7-12)8-13(15)6-10/h10-13,15-16H,3-8,18H2,1-2H3,(H,19,20). The van der Waals surface area contributed by atoms with Crippen LogP contribution in [0.3, 0.4) is 0 Å². The third-order valence-corrected chi connectivity index (χ3v) is 6.37. The molecule has 4 aliphatic carbocycles. The Balaban J connectivity index is 1.60. The van der Waals surface area contributed by atoms with Crippen LogP contribution in [0.15, 0.2) is 0 Å². The molecule has 1 atom stereocenters. The normalized spacial score (nSPS) is 40.2. The second-order valence-corrected chi connectivity index (χ2v) is 7.58. The van der Waals surface area contributed by atoms with E-state index in [9.17, 15) is 0 Å². The molecule has 0 aromatic carbocycles. The molecule has 1 aromatic heterocycles. The molecule has 1 unspecified atom stereocenters. The highest BCUT2D eigenvalue weighted by Crippen LogP contribution is 2.58. The smallest absolute Gasteiger partial charge is 0.123 e. The lowest BCUT2D eigenvalue weighted by atomic mass is 9.50. The van der Waals surface area contributed by atoms with Crippen LogP contribution in [0.1, 0.15) is 62.3 Å². The van der Waals surface area contributed by atoms with Crippen molar-refractivity contribution in [1.29, 1.82) is 0 Å². The summed E-state index contributed by atoms with van der Waals surface area (Å²) in [6, 6.07) is 0.129. The van der Waals surface area contributed by atoms with E-state index < -0.39 is 0 Å². The van der Waals surface area contributed by atoms with E-state index in [-0.39, 0.29) is 6.04 Å². The van der Waals surface area contributed by atoms with Crippen LogP contribution in [0.4, 0.5) is 0 Å². The largest absolute Gasteiger partial charge is 0.345 e. The summed E-state index contributed by atoms with van der Waals surface area (Å²) in [5.41, 5.74) is 9.07. The lowest BCUT2D eigenvalue weighted by molar-refractivity contribution is -0.0481. The number of nitrogens with two attached hydrogens (primary N) is 1. The van der Waals surface area contributed by atoms with Crippen molar-refractivity contribution in [2.24, 2.45) is 35.3 Å². The molecule has 20 heavy (non-hydrogen) atoms. The zero-order valence-corrected chi connectivity index (χ0v) is 12.7. The first-order valence-electron chi connectivity index (χ1n) is 8.46. The minimum absolute atomic E-state index is 0.129. The molecule has 0 amide bonds. The van der Waals surface area contributed by atoms with Gasteiger partial charge in [-0.25, -0.2) is 4.98 Å². The van der Waals surface area contributed by atoms with E-state index in [1.165, 1.54) is 43.5 Å². The zero-order chi connectivity index (χ0) is 13.9. The third kappa shape index (κ3) is 1.86.